The van der Waals surface area contributed by atoms with Crippen LogP contribution in [-0.2, 0) is 0 Å². The maximum Gasteiger partial charge on any atom is 0.249 e. The maximum absolute atomic E-state index is 7.44. The first-order chi connectivity index (χ1) is 9.20. The number of nitrogens with zero attached hydrogens (tertiary/aromatic N) is 2. The van der Waals surface area contributed by atoms with Crippen LogP contribution < -0.4 is 15.2 Å². The zero-order valence-electron chi connectivity index (χ0n) is 10.5. The van der Waals surface area contributed by atoms with Gasteiger partial charge in [0.05, 0.1) is 18.4 Å². The minimum atomic E-state index is -0.115. The number of aromatic nitrogens is 2. The van der Waals surface area contributed by atoms with E-state index in [4.69, 9.17) is 20.6 Å². The summed E-state index contributed by atoms with van der Waals surface area (Å²) in [7, 11) is 0. The van der Waals surface area contributed by atoms with E-state index in [1.54, 1.807) is 30.3 Å². The topological polar surface area (TPSA) is 94.1 Å². The molecule has 2 aromatic rings. The molecular formula is C13H14N4O2. The molecule has 0 radical (unpaired) electrons. The molecule has 98 valence electrons. The molecule has 6 nitrogen and oxygen atoms in total. The smallest absolute Gasteiger partial charge is 0.249 e. The van der Waals surface area contributed by atoms with Crippen LogP contribution in [0.15, 0.2) is 36.5 Å². The summed E-state index contributed by atoms with van der Waals surface area (Å²) in [5.41, 5.74) is 5.85. The van der Waals surface area contributed by atoms with Crippen molar-refractivity contribution in [2.24, 2.45) is 5.73 Å². The number of nitrogen functional groups attached to an aromatic ring is 1. The Morgan fingerprint density at radius 2 is 1.89 bits per heavy atom. The molecule has 0 bridgehead atoms. The number of amidine groups is 1. The fraction of sp³-hybridized carbons (Fsp3) is 0.154. The summed E-state index contributed by atoms with van der Waals surface area (Å²) in [6, 6.07) is 8.68. The zero-order valence-corrected chi connectivity index (χ0v) is 10.5. The number of hydrogen-bond acceptors (Lipinski definition) is 5. The highest BCUT2D eigenvalue weighted by Gasteiger charge is 2.09. The molecule has 0 saturated carbocycles. The molecule has 0 spiro atoms. The molecule has 2 rings (SSSR count). The quantitative estimate of drug-likeness (QED) is 0.631. The van der Waals surface area contributed by atoms with Gasteiger partial charge >= 0.3 is 0 Å². The van der Waals surface area contributed by atoms with Crippen LogP contribution in [0.4, 0.5) is 0 Å². The fourth-order valence-electron chi connectivity index (χ4n) is 1.48. The third-order valence-electron chi connectivity index (χ3n) is 2.33. The molecule has 0 amide bonds. The molecule has 19 heavy (non-hydrogen) atoms. The van der Waals surface area contributed by atoms with Gasteiger partial charge in [0.1, 0.15) is 17.3 Å². The van der Waals surface area contributed by atoms with Crippen molar-refractivity contribution in [3.05, 3.63) is 42.1 Å². The van der Waals surface area contributed by atoms with Crippen LogP contribution in [0.25, 0.3) is 0 Å². The molecule has 1 aromatic carbocycles. The van der Waals surface area contributed by atoms with Gasteiger partial charge in [-0.2, -0.15) is 5.10 Å². The van der Waals surface area contributed by atoms with Gasteiger partial charge in [-0.05, 0) is 37.3 Å². The van der Waals surface area contributed by atoms with Gasteiger partial charge < -0.3 is 15.2 Å². The largest absolute Gasteiger partial charge is 0.494 e. The Balaban J connectivity index is 2.19. The van der Waals surface area contributed by atoms with Gasteiger partial charge in [0.15, 0.2) is 0 Å². The number of rotatable bonds is 5. The first kappa shape index (κ1) is 12.8. The van der Waals surface area contributed by atoms with Gasteiger partial charge in [0, 0.05) is 0 Å². The lowest BCUT2D eigenvalue weighted by atomic mass is 10.3. The third kappa shape index (κ3) is 3.19. The van der Waals surface area contributed by atoms with Crippen molar-refractivity contribution in [2.75, 3.05) is 6.61 Å². The summed E-state index contributed by atoms with van der Waals surface area (Å²) in [5.74, 6) is 1.43. The van der Waals surface area contributed by atoms with E-state index in [-0.39, 0.29) is 11.7 Å². The van der Waals surface area contributed by atoms with Crippen LogP contribution in [0.5, 0.6) is 17.4 Å². The van der Waals surface area contributed by atoms with E-state index in [1.807, 2.05) is 6.92 Å². The van der Waals surface area contributed by atoms with Gasteiger partial charge in [-0.1, -0.05) is 0 Å². The molecule has 0 aliphatic rings. The number of ether oxygens (including phenoxy) is 2. The average molecular weight is 258 g/mol. The molecule has 0 unspecified atom stereocenters. The molecule has 1 aromatic heterocycles. The summed E-state index contributed by atoms with van der Waals surface area (Å²) in [4.78, 5) is 0. The highest BCUT2D eigenvalue weighted by Crippen LogP contribution is 2.24. The van der Waals surface area contributed by atoms with Crippen LogP contribution in [0.2, 0.25) is 0 Å². The van der Waals surface area contributed by atoms with Gasteiger partial charge in [-0.3, -0.25) is 5.41 Å². The first-order valence-electron chi connectivity index (χ1n) is 5.77. The van der Waals surface area contributed by atoms with Crippen LogP contribution in [0, 0.1) is 5.41 Å². The molecule has 0 aliphatic heterocycles. The predicted molar refractivity (Wildman–Crippen MR) is 70.7 cm³/mol. The Morgan fingerprint density at radius 1 is 1.21 bits per heavy atom. The van der Waals surface area contributed by atoms with Crippen LogP contribution in [0.1, 0.15) is 12.5 Å². The van der Waals surface area contributed by atoms with Crippen molar-refractivity contribution in [1.82, 2.24) is 10.2 Å². The van der Waals surface area contributed by atoms with E-state index in [2.05, 4.69) is 10.2 Å². The molecule has 3 N–H and O–H groups in total. The Kier molecular flexibility index (Phi) is 3.92. The predicted octanol–water partition coefficient (Wildman–Crippen LogP) is 1.95. The van der Waals surface area contributed by atoms with E-state index >= 15 is 0 Å². The Labute approximate surface area is 110 Å². The fourth-order valence-corrected chi connectivity index (χ4v) is 1.48. The summed E-state index contributed by atoms with van der Waals surface area (Å²) in [5, 5.41) is 15.0. The van der Waals surface area contributed by atoms with Gasteiger partial charge in [-0.15, -0.1) is 5.10 Å². The third-order valence-corrected chi connectivity index (χ3v) is 2.33. The summed E-state index contributed by atoms with van der Waals surface area (Å²) in [6.45, 7) is 2.53. The average Bonchev–Trinajstić information content (AvgIpc) is 2.42. The van der Waals surface area contributed by atoms with Crippen LogP contribution in [-0.4, -0.2) is 22.6 Å². The minimum Gasteiger partial charge on any atom is -0.494 e. The molecule has 0 fully saturated rings. The normalized spacial score (nSPS) is 9.95. The SMILES string of the molecule is CCOc1ccc(Oc2nnccc2C(=N)N)cc1. The van der Waals surface area contributed by atoms with Gasteiger partial charge in [-0.25, -0.2) is 0 Å². The minimum absolute atomic E-state index is 0.115. The second-order valence-electron chi connectivity index (χ2n) is 3.67. The van der Waals surface area contributed by atoms with Crippen molar-refractivity contribution in [1.29, 1.82) is 5.41 Å². The standard InChI is InChI=1S/C13H14N4O2/c1-2-18-9-3-5-10(6-4-9)19-13-11(12(14)15)7-8-16-17-13/h3-8H,2H2,1H3,(H3,14,15). The zero-order chi connectivity index (χ0) is 13.7. The van der Waals surface area contributed by atoms with Crippen molar-refractivity contribution in [3.63, 3.8) is 0 Å². The molecule has 6 heteroatoms. The number of nitrogens with two attached hydrogens (primary N) is 1. The maximum atomic E-state index is 7.44. The molecular weight excluding hydrogens is 244 g/mol. The van der Waals surface area contributed by atoms with Crippen molar-refractivity contribution in [2.45, 2.75) is 6.92 Å². The van der Waals surface area contributed by atoms with E-state index < -0.39 is 0 Å². The Morgan fingerprint density at radius 3 is 2.53 bits per heavy atom. The van der Waals surface area contributed by atoms with Crippen molar-refractivity contribution < 1.29 is 9.47 Å². The molecule has 0 atom stereocenters. The summed E-state index contributed by atoms with van der Waals surface area (Å²) < 4.78 is 10.9. The summed E-state index contributed by atoms with van der Waals surface area (Å²) in [6.07, 6.45) is 1.46. The lowest BCUT2D eigenvalue weighted by Crippen LogP contribution is -2.13. The monoisotopic (exact) mass is 258 g/mol. The van der Waals surface area contributed by atoms with Crippen molar-refractivity contribution in [3.8, 4) is 17.4 Å². The van der Waals surface area contributed by atoms with Crippen LogP contribution >= 0.6 is 0 Å². The van der Waals surface area contributed by atoms with E-state index in [0.717, 1.165) is 5.75 Å². The molecule has 1 heterocycles. The molecule has 0 aliphatic carbocycles. The molecule has 0 saturated heterocycles. The number of nitrogens with one attached hydrogen (secondary N) is 1. The van der Waals surface area contributed by atoms with E-state index in [9.17, 15) is 0 Å². The second-order valence-corrected chi connectivity index (χ2v) is 3.67. The highest BCUT2D eigenvalue weighted by molar-refractivity contribution is 5.96. The number of hydrogen-bond donors (Lipinski definition) is 2. The summed E-state index contributed by atoms with van der Waals surface area (Å²) >= 11 is 0. The lowest BCUT2D eigenvalue weighted by molar-refractivity contribution is 0.339. The Hall–Kier alpha value is -2.63. The second kappa shape index (κ2) is 5.81. The lowest BCUT2D eigenvalue weighted by Gasteiger charge is -2.08. The van der Waals surface area contributed by atoms with E-state index in [0.29, 0.717) is 17.9 Å². The first-order valence-corrected chi connectivity index (χ1v) is 5.77. The van der Waals surface area contributed by atoms with Gasteiger partial charge in [0.25, 0.3) is 0 Å². The van der Waals surface area contributed by atoms with E-state index in [1.165, 1.54) is 6.20 Å². The van der Waals surface area contributed by atoms with Gasteiger partial charge in [0.2, 0.25) is 5.88 Å². The van der Waals surface area contributed by atoms with Crippen LogP contribution in [0.3, 0.4) is 0 Å². The number of benzene rings is 1. The van der Waals surface area contributed by atoms with Crippen molar-refractivity contribution >= 4 is 5.84 Å². The Bertz CT molecular complexity index is 569. The highest BCUT2D eigenvalue weighted by atomic mass is 16.5.